The number of carboxylic acid groups (broad SMARTS) is 1. The smallest absolute Gasteiger partial charge is 0.335 e. The van der Waals surface area contributed by atoms with Gasteiger partial charge in [-0.3, -0.25) is 4.90 Å². The van der Waals surface area contributed by atoms with Crippen LogP contribution in [0.25, 0.3) is 0 Å². The molecule has 0 radical (unpaired) electrons. The molecule has 1 N–H and O–H groups in total. The monoisotopic (exact) mass is 290 g/mol. The van der Waals surface area contributed by atoms with Crippen LogP contribution in [0.2, 0.25) is 0 Å². The highest BCUT2D eigenvalue weighted by molar-refractivity contribution is 5.95. The number of morpholine rings is 1. The quantitative estimate of drug-likeness (QED) is 0.852. The highest BCUT2D eigenvalue weighted by Gasteiger charge is 2.28. The van der Waals surface area contributed by atoms with Crippen LogP contribution in [0.1, 0.15) is 22.3 Å². The van der Waals surface area contributed by atoms with Gasteiger partial charge < -0.3 is 14.7 Å². The van der Waals surface area contributed by atoms with Gasteiger partial charge in [0.25, 0.3) is 0 Å². The Labute approximate surface area is 122 Å². The second-order valence-corrected chi connectivity index (χ2v) is 5.29. The number of hydrogen-bond acceptors (Lipinski definition) is 3. The Balaban J connectivity index is 1.86. The average molecular weight is 290 g/mol. The van der Waals surface area contributed by atoms with Crippen LogP contribution in [-0.2, 0) is 11.2 Å². The predicted octanol–water partition coefficient (Wildman–Crippen LogP) is 1.59. The molecule has 0 bridgehead atoms. The molecule has 2 amide bonds. The molecular weight excluding hydrogens is 272 g/mol. The van der Waals surface area contributed by atoms with Crippen molar-refractivity contribution in [2.24, 2.45) is 0 Å². The Morgan fingerprint density at radius 3 is 2.62 bits per heavy atom. The van der Waals surface area contributed by atoms with Gasteiger partial charge in [0.05, 0.1) is 18.8 Å². The molecule has 21 heavy (non-hydrogen) atoms. The van der Waals surface area contributed by atoms with E-state index >= 15 is 0 Å². The van der Waals surface area contributed by atoms with Crippen LogP contribution >= 0.6 is 0 Å². The number of rotatable bonds is 1. The fraction of sp³-hybridized carbons (Fsp3) is 0.467. The first-order valence-electron chi connectivity index (χ1n) is 7.17. The first kappa shape index (κ1) is 13.9. The van der Waals surface area contributed by atoms with Crippen molar-refractivity contribution in [1.29, 1.82) is 0 Å². The van der Waals surface area contributed by atoms with E-state index < -0.39 is 5.97 Å². The Morgan fingerprint density at radius 1 is 1.14 bits per heavy atom. The fourth-order valence-electron chi connectivity index (χ4n) is 2.85. The Morgan fingerprint density at radius 2 is 1.90 bits per heavy atom. The van der Waals surface area contributed by atoms with Crippen LogP contribution in [0, 0.1) is 0 Å². The van der Waals surface area contributed by atoms with E-state index in [0.29, 0.717) is 32.8 Å². The standard InChI is InChI=1S/C15H18N2O4/c18-14(19)12-3-4-13-11(10-12)2-1-5-17(13)15(20)16-6-8-21-9-7-16/h3-4,10H,1-2,5-9H2,(H,18,19). The minimum atomic E-state index is -0.936. The van der Waals surface area contributed by atoms with Gasteiger partial charge in [-0.2, -0.15) is 0 Å². The molecule has 3 rings (SSSR count). The highest BCUT2D eigenvalue weighted by Crippen LogP contribution is 2.29. The first-order valence-corrected chi connectivity index (χ1v) is 7.17. The zero-order valence-corrected chi connectivity index (χ0v) is 11.7. The van der Waals surface area contributed by atoms with Crippen LogP contribution in [0.15, 0.2) is 18.2 Å². The van der Waals surface area contributed by atoms with Crippen LogP contribution in [0.5, 0.6) is 0 Å². The van der Waals surface area contributed by atoms with Gasteiger partial charge in [0.15, 0.2) is 0 Å². The summed E-state index contributed by atoms with van der Waals surface area (Å²) >= 11 is 0. The summed E-state index contributed by atoms with van der Waals surface area (Å²) < 4.78 is 5.27. The number of hydrogen-bond donors (Lipinski definition) is 1. The van der Waals surface area contributed by atoms with Crippen molar-refractivity contribution in [2.45, 2.75) is 12.8 Å². The molecule has 0 spiro atoms. The summed E-state index contributed by atoms with van der Waals surface area (Å²) in [5.41, 5.74) is 2.04. The third-order valence-electron chi connectivity index (χ3n) is 3.96. The maximum absolute atomic E-state index is 12.6. The zero-order chi connectivity index (χ0) is 14.8. The van der Waals surface area contributed by atoms with E-state index in [1.54, 1.807) is 28.0 Å². The van der Waals surface area contributed by atoms with Crippen molar-refractivity contribution in [2.75, 3.05) is 37.7 Å². The lowest BCUT2D eigenvalue weighted by molar-refractivity contribution is 0.0548. The molecule has 0 unspecified atom stereocenters. The van der Waals surface area contributed by atoms with Gasteiger partial charge in [-0.05, 0) is 36.6 Å². The molecular formula is C15H18N2O4. The summed E-state index contributed by atoms with van der Waals surface area (Å²) in [6, 6.07) is 4.97. The molecule has 6 heteroatoms. The summed E-state index contributed by atoms with van der Waals surface area (Å²) in [6.45, 7) is 3.04. The molecule has 0 aliphatic carbocycles. The summed E-state index contributed by atoms with van der Waals surface area (Å²) in [5.74, 6) is -0.936. The van der Waals surface area contributed by atoms with E-state index in [0.717, 1.165) is 24.1 Å². The maximum Gasteiger partial charge on any atom is 0.335 e. The van der Waals surface area contributed by atoms with Crippen molar-refractivity contribution in [3.05, 3.63) is 29.3 Å². The molecule has 0 atom stereocenters. The minimum Gasteiger partial charge on any atom is -0.478 e. The van der Waals surface area contributed by atoms with Gasteiger partial charge in [-0.25, -0.2) is 9.59 Å². The molecule has 2 heterocycles. The molecule has 2 aliphatic heterocycles. The number of benzene rings is 1. The summed E-state index contributed by atoms with van der Waals surface area (Å²) in [7, 11) is 0. The molecule has 0 aromatic heterocycles. The zero-order valence-electron chi connectivity index (χ0n) is 11.7. The Kier molecular flexibility index (Phi) is 3.79. The van der Waals surface area contributed by atoms with Gasteiger partial charge in [0, 0.05) is 25.3 Å². The number of ether oxygens (including phenoxy) is 1. The van der Waals surface area contributed by atoms with E-state index in [1.165, 1.54) is 0 Å². The second kappa shape index (κ2) is 5.73. The second-order valence-electron chi connectivity index (χ2n) is 5.29. The normalized spacial score (nSPS) is 18.3. The molecule has 2 aliphatic rings. The average Bonchev–Trinajstić information content (AvgIpc) is 2.54. The molecule has 1 fully saturated rings. The molecule has 1 aromatic carbocycles. The molecule has 112 valence electrons. The Hall–Kier alpha value is -2.08. The third kappa shape index (κ3) is 2.71. The van der Waals surface area contributed by atoms with Crippen LogP contribution in [0.4, 0.5) is 10.5 Å². The van der Waals surface area contributed by atoms with Gasteiger partial charge in [0.2, 0.25) is 0 Å². The minimum absolute atomic E-state index is 0.0117. The van der Waals surface area contributed by atoms with Crippen molar-refractivity contribution in [3.8, 4) is 0 Å². The van der Waals surface area contributed by atoms with Gasteiger partial charge >= 0.3 is 12.0 Å². The number of carboxylic acids is 1. The number of nitrogens with zero attached hydrogens (tertiary/aromatic N) is 2. The maximum atomic E-state index is 12.6. The number of urea groups is 1. The molecule has 6 nitrogen and oxygen atoms in total. The van der Waals surface area contributed by atoms with Gasteiger partial charge in [-0.15, -0.1) is 0 Å². The van der Waals surface area contributed by atoms with E-state index in [1.807, 2.05) is 0 Å². The number of carbonyl (C=O) groups excluding carboxylic acids is 1. The lowest BCUT2D eigenvalue weighted by atomic mass is 9.99. The van der Waals surface area contributed by atoms with Gasteiger partial charge in [-0.1, -0.05) is 0 Å². The number of amides is 2. The van der Waals surface area contributed by atoms with Crippen LogP contribution < -0.4 is 4.90 Å². The number of aromatic carboxylic acids is 1. The Bertz CT molecular complexity index is 567. The topological polar surface area (TPSA) is 70.1 Å². The van der Waals surface area contributed by atoms with Gasteiger partial charge in [0.1, 0.15) is 0 Å². The molecule has 1 aromatic rings. The van der Waals surface area contributed by atoms with E-state index in [4.69, 9.17) is 9.84 Å². The predicted molar refractivity (Wildman–Crippen MR) is 76.9 cm³/mol. The lowest BCUT2D eigenvalue weighted by Gasteiger charge is -2.36. The van der Waals surface area contributed by atoms with Crippen LogP contribution in [0.3, 0.4) is 0 Å². The van der Waals surface area contributed by atoms with Crippen molar-refractivity contribution in [1.82, 2.24) is 4.90 Å². The summed E-state index contributed by atoms with van der Waals surface area (Å²) in [5, 5.41) is 9.06. The third-order valence-corrected chi connectivity index (χ3v) is 3.96. The number of aryl methyl sites for hydroxylation is 1. The van der Waals surface area contributed by atoms with E-state index in [2.05, 4.69) is 0 Å². The highest BCUT2D eigenvalue weighted by atomic mass is 16.5. The van der Waals surface area contributed by atoms with Crippen molar-refractivity contribution in [3.63, 3.8) is 0 Å². The van der Waals surface area contributed by atoms with E-state index in [9.17, 15) is 9.59 Å². The SMILES string of the molecule is O=C(O)c1ccc2c(c1)CCCN2C(=O)N1CCOCC1. The molecule has 1 saturated heterocycles. The lowest BCUT2D eigenvalue weighted by Crippen LogP contribution is -2.49. The number of carbonyl (C=O) groups is 2. The summed E-state index contributed by atoms with van der Waals surface area (Å²) in [6.07, 6.45) is 1.66. The molecule has 0 saturated carbocycles. The van der Waals surface area contributed by atoms with Crippen LogP contribution in [-0.4, -0.2) is 54.9 Å². The van der Waals surface area contributed by atoms with Crippen molar-refractivity contribution >= 4 is 17.7 Å². The number of anilines is 1. The van der Waals surface area contributed by atoms with Crippen molar-refractivity contribution < 1.29 is 19.4 Å². The largest absolute Gasteiger partial charge is 0.478 e. The fourth-order valence-corrected chi connectivity index (χ4v) is 2.85. The number of fused-ring (bicyclic) bond motifs is 1. The van der Waals surface area contributed by atoms with E-state index in [-0.39, 0.29) is 11.6 Å². The summed E-state index contributed by atoms with van der Waals surface area (Å²) in [4.78, 5) is 27.2. The first-order chi connectivity index (χ1) is 10.2.